The number of likely N-dealkylation sites (N-methyl/N-ethyl adjacent to an activating group) is 1. The highest BCUT2D eigenvalue weighted by molar-refractivity contribution is 9.09. The topological polar surface area (TPSA) is 34.1 Å². The molecule has 0 spiro atoms. The summed E-state index contributed by atoms with van der Waals surface area (Å²) in [5, 5.41) is 0. The SMILES string of the molecule is CCO[C@H](C)CN(C)/C(=N\C(C)Br)C1CCOCC1. The predicted molar refractivity (Wildman–Crippen MR) is 83.1 cm³/mol. The first-order chi connectivity index (χ1) is 9.04. The lowest BCUT2D eigenvalue weighted by molar-refractivity contribution is 0.0589. The van der Waals surface area contributed by atoms with Crippen LogP contribution in [0.3, 0.4) is 0 Å². The zero-order valence-electron chi connectivity index (χ0n) is 12.6. The summed E-state index contributed by atoms with van der Waals surface area (Å²) in [6, 6.07) is 0. The Balaban J connectivity index is 2.67. The second kappa shape index (κ2) is 8.93. The Bertz CT molecular complexity index is 279. The summed E-state index contributed by atoms with van der Waals surface area (Å²) in [7, 11) is 2.11. The molecule has 1 fully saturated rings. The lowest BCUT2D eigenvalue weighted by Crippen LogP contribution is -2.40. The predicted octanol–water partition coefficient (Wildman–Crippen LogP) is 2.91. The van der Waals surface area contributed by atoms with Crippen molar-refractivity contribution in [3.63, 3.8) is 0 Å². The van der Waals surface area contributed by atoms with Gasteiger partial charge in [0.2, 0.25) is 0 Å². The number of hydrogen-bond acceptors (Lipinski definition) is 3. The van der Waals surface area contributed by atoms with Crippen LogP contribution in [0.25, 0.3) is 0 Å². The van der Waals surface area contributed by atoms with Gasteiger partial charge in [-0.25, -0.2) is 0 Å². The highest BCUT2D eigenvalue weighted by Gasteiger charge is 2.24. The largest absolute Gasteiger partial charge is 0.381 e. The van der Waals surface area contributed by atoms with Crippen LogP contribution in [0.1, 0.15) is 33.6 Å². The minimum atomic E-state index is 0.148. The Kier molecular flexibility index (Phi) is 7.95. The van der Waals surface area contributed by atoms with E-state index in [1.54, 1.807) is 0 Å². The monoisotopic (exact) mass is 334 g/mol. The van der Waals surface area contributed by atoms with Crippen LogP contribution in [0.4, 0.5) is 0 Å². The highest BCUT2D eigenvalue weighted by Crippen LogP contribution is 2.20. The van der Waals surface area contributed by atoms with Gasteiger partial charge in [0.25, 0.3) is 0 Å². The van der Waals surface area contributed by atoms with Crippen molar-refractivity contribution in [1.82, 2.24) is 4.90 Å². The van der Waals surface area contributed by atoms with Crippen molar-refractivity contribution < 1.29 is 9.47 Å². The first-order valence-corrected chi connectivity index (χ1v) is 8.08. The summed E-state index contributed by atoms with van der Waals surface area (Å²) < 4.78 is 11.1. The Morgan fingerprint density at radius 3 is 2.58 bits per heavy atom. The Hall–Kier alpha value is -0.130. The summed E-state index contributed by atoms with van der Waals surface area (Å²) in [6.45, 7) is 9.52. The first-order valence-electron chi connectivity index (χ1n) is 7.16. The molecule has 0 saturated carbocycles. The smallest absolute Gasteiger partial charge is 0.104 e. The lowest BCUT2D eigenvalue weighted by atomic mass is 9.98. The van der Waals surface area contributed by atoms with Gasteiger partial charge in [0.15, 0.2) is 0 Å². The molecule has 1 saturated heterocycles. The molecule has 1 rings (SSSR count). The van der Waals surface area contributed by atoms with E-state index in [0.29, 0.717) is 5.92 Å². The third-order valence-corrected chi connectivity index (χ3v) is 3.47. The summed E-state index contributed by atoms with van der Waals surface area (Å²) in [4.78, 5) is 7.15. The molecule has 1 unspecified atom stereocenters. The third-order valence-electron chi connectivity index (χ3n) is 3.27. The van der Waals surface area contributed by atoms with E-state index in [4.69, 9.17) is 14.5 Å². The standard InChI is InChI=1S/C14H27BrN2O2/c1-5-19-11(2)10-17(4)14(16-12(3)15)13-6-8-18-9-7-13/h11-13H,5-10H2,1-4H3/b16-14-/t11-,12?/m1/s1. The molecule has 0 N–H and O–H groups in total. The Morgan fingerprint density at radius 1 is 1.42 bits per heavy atom. The van der Waals surface area contributed by atoms with Gasteiger partial charge in [-0.1, -0.05) is 15.9 Å². The summed E-state index contributed by atoms with van der Waals surface area (Å²) in [6.07, 6.45) is 2.35. The average molecular weight is 335 g/mol. The van der Waals surface area contributed by atoms with Gasteiger partial charge in [0.1, 0.15) is 10.8 Å². The second-order valence-corrected chi connectivity index (χ2v) is 6.42. The summed E-state index contributed by atoms with van der Waals surface area (Å²) in [5.41, 5.74) is 0. The second-order valence-electron chi connectivity index (χ2n) is 5.09. The van der Waals surface area contributed by atoms with Gasteiger partial charge in [0, 0.05) is 39.3 Å². The maximum Gasteiger partial charge on any atom is 0.104 e. The molecule has 0 aliphatic carbocycles. The fourth-order valence-electron chi connectivity index (χ4n) is 2.47. The molecule has 0 bridgehead atoms. The van der Waals surface area contributed by atoms with Crippen LogP contribution in [0.5, 0.6) is 0 Å². The van der Waals surface area contributed by atoms with Crippen molar-refractivity contribution in [2.75, 3.05) is 33.4 Å². The zero-order valence-corrected chi connectivity index (χ0v) is 14.1. The molecule has 0 aromatic carbocycles. The van der Waals surface area contributed by atoms with Crippen molar-refractivity contribution in [1.29, 1.82) is 0 Å². The van der Waals surface area contributed by atoms with Gasteiger partial charge < -0.3 is 14.4 Å². The summed E-state index contributed by atoms with van der Waals surface area (Å²) >= 11 is 3.53. The van der Waals surface area contributed by atoms with E-state index >= 15 is 0 Å². The Morgan fingerprint density at radius 2 is 2.05 bits per heavy atom. The molecule has 0 aromatic heterocycles. The minimum absolute atomic E-state index is 0.148. The molecule has 5 heteroatoms. The number of aliphatic imine (C=N–C) groups is 1. The molecular weight excluding hydrogens is 308 g/mol. The van der Waals surface area contributed by atoms with Gasteiger partial charge in [-0.05, 0) is 33.6 Å². The molecule has 112 valence electrons. The molecule has 0 radical (unpaired) electrons. The van der Waals surface area contributed by atoms with Gasteiger partial charge in [-0.15, -0.1) is 0 Å². The molecule has 4 nitrogen and oxygen atoms in total. The van der Waals surface area contributed by atoms with E-state index in [2.05, 4.69) is 41.7 Å². The fraction of sp³-hybridized carbons (Fsp3) is 0.929. The molecular formula is C14H27BrN2O2. The average Bonchev–Trinajstić information content (AvgIpc) is 2.37. The van der Waals surface area contributed by atoms with E-state index in [-0.39, 0.29) is 11.1 Å². The molecule has 0 amide bonds. The number of alkyl halides is 1. The molecule has 2 atom stereocenters. The maximum absolute atomic E-state index is 5.62. The van der Waals surface area contributed by atoms with Crippen molar-refractivity contribution >= 4 is 21.8 Å². The minimum Gasteiger partial charge on any atom is -0.381 e. The van der Waals surface area contributed by atoms with Crippen LogP contribution in [0.15, 0.2) is 4.99 Å². The number of rotatable bonds is 6. The van der Waals surface area contributed by atoms with E-state index in [1.807, 2.05) is 6.92 Å². The molecule has 1 heterocycles. The normalized spacial score (nSPS) is 21.2. The number of amidine groups is 1. The highest BCUT2D eigenvalue weighted by atomic mass is 79.9. The van der Waals surface area contributed by atoms with Gasteiger partial charge in [-0.3, -0.25) is 4.99 Å². The first kappa shape index (κ1) is 16.9. The number of nitrogens with zero attached hydrogens (tertiary/aromatic N) is 2. The van der Waals surface area contributed by atoms with E-state index in [0.717, 1.165) is 39.2 Å². The number of ether oxygens (including phenoxy) is 2. The van der Waals surface area contributed by atoms with Crippen LogP contribution >= 0.6 is 15.9 Å². The number of halogens is 1. The zero-order chi connectivity index (χ0) is 14.3. The van der Waals surface area contributed by atoms with E-state index in [1.165, 1.54) is 5.84 Å². The fourth-order valence-corrected chi connectivity index (χ4v) is 2.68. The lowest BCUT2D eigenvalue weighted by Gasteiger charge is -2.32. The van der Waals surface area contributed by atoms with Gasteiger partial charge in [0.05, 0.1) is 6.10 Å². The van der Waals surface area contributed by atoms with Gasteiger partial charge in [-0.2, -0.15) is 0 Å². The quantitative estimate of drug-likeness (QED) is 0.324. The molecule has 1 aliphatic heterocycles. The number of hydrogen-bond donors (Lipinski definition) is 0. The van der Waals surface area contributed by atoms with Crippen molar-refractivity contribution in [3.05, 3.63) is 0 Å². The van der Waals surface area contributed by atoms with Crippen LogP contribution in [0, 0.1) is 5.92 Å². The van der Waals surface area contributed by atoms with Crippen molar-refractivity contribution in [2.24, 2.45) is 10.9 Å². The van der Waals surface area contributed by atoms with Crippen LogP contribution in [-0.2, 0) is 9.47 Å². The van der Waals surface area contributed by atoms with E-state index in [9.17, 15) is 0 Å². The molecule has 1 aliphatic rings. The maximum atomic E-state index is 5.62. The molecule has 19 heavy (non-hydrogen) atoms. The van der Waals surface area contributed by atoms with Crippen molar-refractivity contribution in [3.8, 4) is 0 Å². The summed E-state index contributed by atoms with van der Waals surface area (Å²) in [5.74, 6) is 1.69. The van der Waals surface area contributed by atoms with Gasteiger partial charge >= 0.3 is 0 Å². The third kappa shape index (κ3) is 6.23. The van der Waals surface area contributed by atoms with E-state index < -0.39 is 0 Å². The Labute approximate surface area is 125 Å². The van der Waals surface area contributed by atoms with Crippen LogP contribution in [0.2, 0.25) is 0 Å². The van der Waals surface area contributed by atoms with Crippen LogP contribution < -0.4 is 0 Å². The van der Waals surface area contributed by atoms with Crippen LogP contribution in [-0.4, -0.2) is 55.2 Å². The molecule has 0 aromatic rings. The van der Waals surface area contributed by atoms with Crippen molar-refractivity contribution in [2.45, 2.75) is 44.7 Å².